The number of ether oxygens (including phenoxy) is 1. The number of aliphatic hydroxyl groups is 1. The van der Waals surface area contributed by atoms with Crippen molar-refractivity contribution in [3.8, 4) is 0 Å². The fraction of sp³-hybridized carbons (Fsp3) is 0.818. The Hall–Kier alpha value is -0.880. The standard InChI is InChI=1S/C22H37N3O2/c1-21(2)18-5-6-22(27-21,11-19(18)23)17-9-15(8-16(10-17)13-26)7-14-3-4-20(24)25-12-14/h3-4,12,15-20,25-26H,5-11,13,23-24H2,1-2H3/t15-,16+,17-,18-,19+,20?,22+/m1/s1. The van der Waals surface area contributed by atoms with E-state index in [2.05, 4.69) is 31.4 Å². The first kappa shape index (κ1) is 19.4. The molecule has 0 aromatic carbocycles. The second kappa shape index (κ2) is 7.18. The molecule has 152 valence electrons. The highest BCUT2D eigenvalue weighted by atomic mass is 16.5. The Bertz CT molecular complexity index is 617. The molecule has 2 saturated heterocycles. The Morgan fingerprint density at radius 3 is 2.63 bits per heavy atom. The lowest BCUT2D eigenvalue weighted by molar-refractivity contribution is -0.270. The lowest BCUT2D eigenvalue weighted by Crippen LogP contribution is -2.66. The van der Waals surface area contributed by atoms with Gasteiger partial charge in [-0.25, -0.2) is 0 Å². The van der Waals surface area contributed by atoms with E-state index in [9.17, 15) is 5.11 Å². The number of aliphatic hydroxyl groups excluding tert-OH is 1. The molecule has 6 N–H and O–H groups in total. The van der Waals surface area contributed by atoms with Gasteiger partial charge in [-0.05, 0) is 88.2 Å². The number of allylic oxidation sites excluding steroid dienone is 2. The van der Waals surface area contributed by atoms with Crippen molar-refractivity contribution < 1.29 is 9.84 Å². The van der Waals surface area contributed by atoms with Crippen LogP contribution in [0.2, 0.25) is 0 Å². The van der Waals surface area contributed by atoms with Gasteiger partial charge in [-0.1, -0.05) is 6.08 Å². The molecule has 1 unspecified atom stereocenters. The zero-order chi connectivity index (χ0) is 19.2. The Balaban J connectivity index is 1.51. The third-order valence-corrected chi connectivity index (χ3v) is 7.74. The number of rotatable bonds is 4. The first-order valence-electron chi connectivity index (χ1n) is 10.8. The van der Waals surface area contributed by atoms with Gasteiger partial charge in [-0.15, -0.1) is 0 Å². The van der Waals surface area contributed by atoms with Crippen LogP contribution in [0.3, 0.4) is 0 Å². The van der Waals surface area contributed by atoms with Gasteiger partial charge in [0, 0.05) is 24.8 Å². The third-order valence-electron chi connectivity index (χ3n) is 7.74. The minimum Gasteiger partial charge on any atom is -0.396 e. The van der Waals surface area contributed by atoms with Crippen LogP contribution in [-0.2, 0) is 4.74 Å². The Kier molecular flexibility index (Phi) is 5.17. The summed E-state index contributed by atoms with van der Waals surface area (Å²) >= 11 is 0. The summed E-state index contributed by atoms with van der Waals surface area (Å²) in [5.74, 6) is 1.91. The van der Waals surface area contributed by atoms with E-state index in [1.807, 2.05) is 6.08 Å². The molecule has 0 amide bonds. The van der Waals surface area contributed by atoms with Crippen molar-refractivity contribution in [3.05, 3.63) is 23.9 Å². The van der Waals surface area contributed by atoms with Gasteiger partial charge in [-0.3, -0.25) is 0 Å². The maximum absolute atomic E-state index is 9.96. The molecule has 5 aliphatic rings. The van der Waals surface area contributed by atoms with Crippen LogP contribution in [0.15, 0.2) is 23.9 Å². The van der Waals surface area contributed by atoms with Crippen LogP contribution in [0.1, 0.15) is 58.8 Å². The van der Waals surface area contributed by atoms with Gasteiger partial charge in [-0.2, -0.15) is 0 Å². The van der Waals surface area contributed by atoms with Crippen molar-refractivity contribution in [2.45, 2.75) is 82.2 Å². The number of hydrogen-bond donors (Lipinski definition) is 4. The zero-order valence-corrected chi connectivity index (χ0v) is 16.9. The van der Waals surface area contributed by atoms with Gasteiger partial charge in [0.1, 0.15) is 0 Å². The topological polar surface area (TPSA) is 93.5 Å². The van der Waals surface area contributed by atoms with E-state index in [0.717, 1.165) is 32.1 Å². The van der Waals surface area contributed by atoms with Gasteiger partial charge in [0.05, 0.1) is 17.4 Å². The van der Waals surface area contributed by atoms with Crippen LogP contribution >= 0.6 is 0 Å². The maximum Gasteiger partial charge on any atom is 0.0934 e. The van der Waals surface area contributed by atoms with Gasteiger partial charge in [0.2, 0.25) is 0 Å². The summed E-state index contributed by atoms with van der Waals surface area (Å²) in [6.07, 6.45) is 13.8. The Morgan fingerprint density at radius 2 is 2.00 bits per heavy atom. The van der Waals surface area contributed by atoms with E-state index in [4.69, 9.17) is 16.2 Å². The highest BCUT2D eigenvalue weighted by Crippen LogP contribution is 2.56. The first-order valence-corrected chi connectivity index (χ1v) is 10.8. The molecule has 5 heteroatoms. The second-order valence-electron chi connectivity index (χ2n) is 10.1. The summed E-state index contributed by atoms with van der Waals surface area (Å²) in [6.45, 7) is 4.72. The van der Waals surface area contributed by atoms with Crippen LogP contribution < -0.4 is 16.8 Å². The van der Waals surface area contributed by atoms with Crippen molar-refractivity contribution >= 4 is 0 Å². The number of nitrogens with two attached hydrogens (primary N) is 2. The van der Waals surface area contributed by atoms with E-state index >= 15 is 0 Å². The van der Waals surface area contributed by atoms with Crippen LogP contribution in [0, 0.1) is 23.7 Å². The largest absolute Gasteiger partial charge is 0.396 e. The van der Waals surface area contributed by atoms with Crippen LogP contribution in [0.5, 0.6) is 0 Å². The number of hydrogen-bond acceptors (Lipinski definition) is 5. The molecule has 3 aliphatic heterocycles. The smallest absolute Gasteiger partial charge is 0.0934 e. The van der Waals surface area contributed by atoms with Crippen molar-refractivity contribution in [2.24, 2.45) is 35.1 Å². The monoisotopic (exact) mass is 375 g/mol. The number of fused-ring (bicyclic) bond motifs is 3. The second-order valence-corrected chi connectivity index (χ2v) is 10.1. The SMILES string of the molecule is CC1(C)O[C@@]2([C@@H]3C[C@H](CC4=CNC(N)C=C4)C[C@H](CO)C3)CC[C@@H]1[C@@H](N)C2. The summed E-state index contributed by atoms with van der Waals surface area (Å²) in [5.41, 5.74) is 13.5. The van der Waals surface area contributed by atoms with Gasteiger partial charge < -0.3 is 26.6 Å². The zero-order valence-electron chi connectivity index (χ0n) is 16.9. The van der Waals surface area contributed by atoms with E-state index in [1.54, 1.807) is 0 Å². The normalized spacial score (nSPS) is 46.0. The molecule has 0 aromatic rings. The van der Waals surface area contributed by atoms with Crippen molar-refractivity contribution in [2.75, 3.05) is 6.61 Å². The predicted octanol–water partition coefficient (Wildman–Crippen LogP) is 2.40. The molecular weight excluding hydrogens is 338 g/mol. The lowest BCUT2D eigenvalue weighted by atomic mass is 9.57. The minimum absolute atomic E-state index is 0.0773. The van der Waals surface area contributed by atoms with E-state index in [1.165, 1.54) is 18.4 Å². The molecule has 27 heavy (non-hydrogen) atoms. The molecule has 2 saturated carbocycles. The van der Waals surface area contributed by atoms with Crippen LogP contribution in [0.4, 0.5) is 0 Å². The molecule has 0 radical (unpaired) electrons. The maximum atomic E-state index is 9.96. The quantitative estimate of drug-likeness (QED) is 0.605. The van der Waals surface area contributed by atoms with E-state index in [0.29, 0.717) is 23.7 Å². The molecule has 4 fully saturated rings. The fourth-order valence-corrected chi connectivity index (χ4v) is 6.57. The average molecular weight is 376 g/mol. The summed E-state index contributed by atoms with van der Waals surface area (Å²) in [5, 5.41) is 13.2. The molecule has 3 heterocycles. The first-order chi connectivity index (χ1) is 12.8. The minimum atomic E-state index is -0.133. The Labute approximate surface area is 163 Å². The van der Waals surface area contributed by atoms with Gasteiger partial charge in [0.15, 0.2) is 0 Å². The average Bonchev–Trinajstić information content (AvgIpc) is 2.62. The molecule has 2 bridgehead atoms. The molecule has 2 aliphatic carbocycles. The van der Waals surface area contributed by atoms with Gasteiger partial charge >= 0.3 is 0 Å². The predicted molar refractivity (Wildman–Crippen MR) is 108 cm³/mol. The summed E-state index contributed by atoms with van der Waals surface area (Å²) < 4.78 is 6.80. The Morgan fingerprint density at radius 1 is 1.22 bits per heavy atom. The van der Waals surface area contributed by atoms with Crippen LogP contribution in [-0.4, -0.2) is 35.1 Å². The molecule has 5 rings (SSSR count). The summed E-state index contributed by atoms with van der Waals surface area (Å²) in [7, 11) is 0. The highest BCUT2D eigenvalue weighted by molar-refractivity contribution is 5.24. The number of nitrogens with one attached hydrogen (secondary N) is 1. The summed E-state index contributed by atoms with van der Waals surface area (Å²) in [4.78, 5) is 0. The van der Waals surface area contributed by atoms with Gasteiger partial charge in [0.25, 0.3) is 0 Å². The van der Waals surface area contributed by atoms with Crippen LogP contribution in [0.25, 0.3) is 0 Å². The van der Waals surface area contributed by atoms with Crippen molar-refractivity contribution in [3.63, 3.8) is 0 Å². The lowest BCUT2D eigenvalue weighted by Gasteiger charge is -2.61. The molecule has 0 spiro atoms. The van der Waals surface area contributed by atoms with E-state index < -0.39 is 0 Å². The molecule has 0 aromatic heterocycles. The molecule has 5 nitrogen and oxygen atoms in total. The van der Waals surface area contributed by atoms with E-state index in [-0.39, 0.29) is 30.0 Å². The highest BCUT2D eigenvalue weighted by Gasteiger charge is 2.58. The number of dihydropyridines is 1. The van der Waals surface area contributed by atoms with Crippen molar-refractivity contribution in [1.29, 1.82) is 0 Å². The molecular formula is C22H37N3O2. The third kappa shape index (κ3) is 3.71. The summed E-state index contributed by atoms with van der Waals surface area (Å²) in [6, 6.07) is 0.241. The fourth-order valence-electron chi connectivity index (χ4n) is 6.57. The molecule has 7 atom stereocenters. The van der Waals surface area contributed by atoms with Crippen molar-refractivity contribution in [1.82, 2.24) is 5.32 Å².